The van der Waals surface area contributed by atoms with Gasteiger partial charge in [0.25, 0.3) is 0 Å². The predicted octanol–water partition coefficient (Wildman–Crippen LogP) is 4.49. The van der Waals surface area contributed by atoms with Gasteiger partial charge in [-0.3, -0.25) is 0 Å². The lowest BCUT2D eigenvalue weighted by Gasteiger charge is -2.13. The first-order valence-corrected chi connectivity index (χ1v) is 7.67. The van der Waals surface area contributed by atoms with Crippen molar-refractivity contribution < 1.29 is 0 Å². The quantitative estimate of drug-likeness (QED) is 0.418. The monoisotopic (exact) mass is 245 g/mol. The smallest absolute Gasteiger partial charge is 0.0406 e. The number of hydrogen-bond donors (Lipinski definition) is 1. The number of unbranched alkanes of at least 4 members (excludes halogenated alkanes) is 7. The molecule has 0 aliphatic heterocycles. The average Bonchev–Trinajstić information content (AvgIpc) is 3.08. The van der Waals surface area contributed by atoms with Crippen molar-refractivity contribution in [1.82, 2.24) is 5.32 Å². The second kappa shape index (κ2) is 8.36. The average molecular weight is 246 g/mol. The van der Waals surface area contributed by atoms with Crippen LogP contribution in [0.15, 0.2) is 0 Å². The molecule has 0 amide bonds. The molecule has 1 rings (SSSR count). The maximum atomic E-state index is 5.90. The molecule has 0 spiro atoms. The number of alkyl halides is 1. The number of nitrogens with one attached hydrogen (secondary N) is 1. The van der Waals surface area contributed by atoms with Crippen LogP contribution in [0.2, 0.25) is 0 Å². The van der Waals surface area contributed by atoms with Gasteiger partial charge in [0.15, 0.2) is 0 Å². The summed E-state index contributed by atoms with van der Waals surface area (Å²) in [6, 6.07) is 0. The molecule has 1 N–H and O–H groups in total. The highest BCUT2D eigenvalue weighted by molar-refractivity contribution is 6.18. The van der Waals surface area contributed by atoms with Gasteiger partial charge in [-0.25, -0.2) is 0 Å². The number of hydrogen-bond acceptors (Lipinski definition) is 1. The summed E-state index contributed by atoms with van der Waals surface area (Å²) in [4.78, 5) is 0. The summed E-state index contributed by atoms with van der Waals surface area (Å²) < 4.78 is 0. The van der Waals surface area contributed by atoms with Crippen LogP contribution in [-0.4, -0.2) is 18.0 Å². The molecule has 1 saturated carbocycles. The lowest BCUT2D eigenvalue weighted by molar-refractivity contribution is 0.504. The Bertz CT molecular complexity index is 166. The maximum Gasteiger partial charge on any atom is 0.0406 e. The highest BCUT2D eigenvalue weighted by Gasteiger charge is 2.40. The SMILES string of the molecule is CCCCCCCCCCNC1(CCl)CC1. The summed E-state index contributed by atoms with van der Waals surface area (Å²) in [6.07, 6.45) is 13.8. The van der Waals surface area contributed by atoms with Crippen LogP contribution in [0.5, 0.6) is 0 Å². The predicted molar refractivity (Wildman–Crippen MR) is 73.3 cm³/mol. The van der Waals surface area contributed by atoms with Gasteiger partial charge in [0.1, 0.15) is 0 Å². The Kier molecular flexibility index (Phi) is 7.47. The second-order valence-electron chi connectivity index (χ2n) is 5.32. The standard InChI is InChI=1S/C14H28ClN/c1-2-3-4-5-6-7-8-9-12-16-14(13-15)10-11-14/h16H,2-13H2,1H3. The summed E-state index contributed by atoms with van der Waals surface area (Å²) in [7, 11) is 0. The largest absolute Gasteiger partial charge is 0.310 e. The summed E-state index contributed by atoms with van der Waals surface area (Å²) in [6.45, 7) is 3.44. The van der Waals surface area contributed by atoms with Crippen molar-refractivity contribution in [2.24, 2.45) is 0 Å². The minimum atomic E-state index is 0.350. The fourth-order valence-corrected chi connectivity index (χ4v) is 2.48. The number of rotatable bonds is 11. The highest BCUT2D eigenvalue weighted by atomic mass is 35.5. The molecule has 16 heavy (non-hydrogen) atoms. The van der Waals surface area contributed by atoms with Crippen LogP contribution in [0.25, 0.3) is 0 Å². The Morgan fingerprint density at radius 1 is 0.938 bits per heavy atom. The molecule has 0 aromatic carbocycles. The van der Waals surface area contributed by atoms with Crippen LogP contribution in [0.3, 0.4) is 0 Å². The summed E-state index contributed by atoms with van der Waals surface area (Å²) in [5, 5.41) is 3.60. The molecular weight excluding hydrogens is 218 g/mol. The molecule has 0 atom stereocenters. The normalized spacial score (nSPS) is 17.6. The lowest BCUT2D eigenvalue weighted by atomic mass is 10.1. The van der Waals surface area contributed by atoms with Crippen LogP contribution in [-0.2, 0) is 0 Å². The van der Waals surface area contributed by atoms with Crippen molar-refractivity contribution in [2.45, 2.75) is 76.7 Å². The molecule has 0 unspecified atom stereocenters. The Balaban J connectivity index is 1.75. The third-order valence-electron chi connectivity index (χ3n) is 3.64. The summed E-state index contributed by atoms with van der Waals surface area (Å²) in [5.74, 6) is 0.796. The van der Waals surface area contributed by atoms with Crippen LogP contribution in [0.4, 0.5) is 0 Å². The molecule has 2 heteroatoms. The van der Waals surface area contributed by atoms with E-state index in [1.165, 1.54) is 70.8 Å². The lowest BCUT2D eigenvalue weighted by Crippen LogP contribution is -2.33. The first kappa shape index (κ1) is 14.3. The first-order valence-electron chi connectivity index (χ1n) is 7.14. The molecule has 0 saturated heterocycles. The first-order chi connectivity index (χ1) is 7.83. The number of halogens is 1. The van der Waals surface area contributed by atoms with E-state index in [9.17, 15) is 0 Å². The maximum absolute atomic E-state index is 5.90. The molecule has 1 aliphatic carbocycles. The van der Waals surface area contributed by atoms with Crippen molar-refractivity contribution in [3.8, 4) is 0 Å². The topological polar surface area (TPSA) is 12.0 Å². The van der Waals surface area contributed by atoms with E-state index in [4.69, 9.17) is 11.6 Å². The van der Waals surface area contributed by atoms with Crippen molar-refractivity contribution >= 4 is 11.6 Å². The minimum absolute atomic E-state index is 0.350. The van der Waals surface area contributed by atoms with E-state index >= 15 is 0 Å². The van der Waals surface area contributed by atoms with E-state index in [0.717, 1.165) is 5.88 Å². The van der Waals surface area contributed by atoms with E-state index < -0.39 is 0 Å². The van der Waals surface area contributed by atoms with Gasteiger partial charge in [-0.05, 0) is 25.8 Å². The highest BCUT2D eigenvalue weighted by Crippen LogP contribution is 2.36. The van der Waals surface area contributed by atoms with Crippen molar-refractivity contribution in [3.63, 3.8) is 0 Å². The van der Waals surface area contributed by atoms with E-state index in [0.29, 0.717) is 5.54 Å². The van der Waals surface area contributed by atoms with E-state index in [2.05, 4.69) is 12.2 Å². The van der Waals surface area contributed by atoms with E-state index in [-0.39, 0.29) is 0 Å². The van der Waals surface area contributed by atoms with Gasteiger partial charge in [-0.1, -0.05) is 51.9 Å². The van der Waals surface area contributed by atoms with Gasteiger partial charge in [0, 0.05) is 11.4 Å². The zero-order chi connectivity index (χ0) is 11.7. The molecule has 0 radical (unpaired) electrons. The van der Waals surface area contributed by atoms with E-state index in [1.807, 2.05) is 0 Å². The van der Waals surface area contributed by atoms with Crippen LogP contribution >= 0.6 is 11.6 Å². The fraction of sp³-hybridized carbons (Fsp3) is 1.00. The third-order valence-corrected chi connectivity index (χ3v) is 4.15. The van der Waals surface area contributed by atoms with Gasteiger partial charge in [0.05, 0.1) is 0 Å². The van der Waals surface area contributed by atoms with Crippen LogP contribution in [0, 0.1) is 0 Å². The van der Waals surface area contributed by atoms with Crippen LogP contribution < -0.4 is 5.32 Å². The minimum Gasteiger partial charge on any atom is -0.310 e. The summed E-state index contributed by atoms with van der Waals surface area (Å²) >= 11 is 5.90. The van der Waals surface area contributed by atoms with Crippen molar-refractivity contribution in [2.75, 3.05) is 12.4 Å². The fourth-order valence-electron chi connectivity index (χ4n) is 2.12. The Morgan fingerprint density at radius 2 is 1.50 bits per heavy atom. The third kappa shape index (κ3) is 6.10. The van der Waals surface area contributed by atoms with Crippen molar-refractivity contribution in [1.29, 1.82) is 0 Å². The molecular formula is C14H28ClN. The zero-order valence-corrected chi connectivity index (χ0v) is 11.6. The molecule has 1 aliphatic rings. The molecule has 1 fully saturated rings. The van der Waals surface area contributed by atoms with Gasteiger partial charge >= 0.3 is 0 Å². The molecule has 96 valence electrons. The molecule has 1 nitrogen and oxygen atoms in total. The van der Waals surface area contributed by atoms with Gasteiger partial charge in [-0.2, -0.15) is 0 Å². The molecule has 0 aromatic rings. The Labute approximate surface area is 106 Å². The molecule has 0 heterocycles. The van der Waals surface area contributed by atoms with Gasteiger partial charge < -0.3 is 5.32 Å². The molecule has 0 bridgehead atoms. The second-order valence-corrected chi connectivity index (χ2v) is 5.58. The van der Waals surface area contributed by atoms with Gasteiger partial charge in [-0.15, -0.1) is 11.6 Å². The Hall–Kier alpha value is 0.250. The van der Waals surface area contributed by atoms with Crippen molar-refractivity contribution in [3.05, 3.63) is 0 Å². The van der Waals surface area contributed by atoms with Crippen LogP contribution in [0.1, 0.15) is 71.1 Å². The van der Waals surface area contributed by atoms with E-state index in [1.54, 1.807) is 0 Å². The zero-order valence-electron chi connectivity index (χ0n) is 10.9. The summed E-state index contributed by atoms with van der Waals surface area (Å²) in [5.41, 5.74) is 0.350. The Morgan fingerprint density at radius 3 is 2.00 bits per heavy atom. The molecule has 0 aromatic heterocycles. The van der Waals surface area contributed by atoms with Gasteiger partial charge in [0.2, 0.25) is 0 Å².